The third kappa shape index (κ3) is 3.26. The largest absolute Gasteiger partial charge is 0.507 e. The number of phenols is 1. The number of nitrogen functional groups attached to an aromatic ring is 1. The van der Waals surface area contributed by atoms with Gasteiger partial charge in [0.1, 0.15) is 17.1 Å². The molecule has 0 aliphatic carbocycles. The first kappa shape index (κ1) is 16.4. The first-order chi connectivity index (χ1) is 12.1. The summed E-state index contributed by atoms with van der Waals surface area (Å²) in [4.78, 5) is 14.8. The van der Waals surface area contributed by atoms with Gasteiger partial charge in [-0.2, -0.15) is 0 Å². The zero-order chi connectivity index (χ0) is 17.8. The van der Waals surface area contributed by atoms with Gasteiger partial charge in [0.25, 0.3) is 5.91 Å². The molecule has 0 saturated heterocycles. The molecule has 0 atom stereocenters. The van der Waals surface area contributed by atoms with E-state index in [0.29, 0.717) is 22.8 Å². The Hall–Kier alpha value is -3.47. The lowest BCUT2D eigenvalue weighted by molar-refractivity contribution is 0.0993. The van der Waals surface area contributed by atoms with E-state index < -0.39 is 5.91 Å². The highest BCUT2D eigenvalue weighted by Crippen LogP contribution is 2.34. The highest BCUT2D eigenvalue weighted by Gasteiger charge is 2.25. The summed E-state index contributed by atoms with van der Waals surface area (Å²) in [6, 6.07) is 20.9. The van der Waals surface area contributed by atoms with Crippen molar-refractivity contribution in [3.8, 4) is 11.5 Å². The van der Waals surface area contributed by atoms with Crippen LogP contribution in [-0.4, -0.2) is 18.1 Å². The van der Waals surface area contributed by atoms with Gasteiger partial charge >= 0.3 is 0 Å². The van der Waals surface area contributed by atoms with E-state index in [-0.39, 0.29) is 11.3 Å². The molecule has 5 nitrogen and oxygen atoms in total. The topological polar surface area (TPSA) is 75.8 Å². The third-order valence-electron chi connectivity index (χ3n) is 3.81. The molecule has 0 heterocycles. The molecule has 3 rings (SSSR count). The molecule has 0 unspecified atom stereocenters. The highest BCUT2D eigenvalue weighted by molar-refractivity contribution is 6.13. The van der Waals surface area contributed by atoms with Gasteiger partial charge in [0.2, 0.25) is 0 Å². The van der Waals surface area contributed by atoms with Crippen molar-refractivity contribution in [1.82, 2.24) is 0 Å². The maximum absolute atomic E-state index is 13.3. The van der Waals surface area contributed by atoms with Crippen LogP contribution >= 0.6 is 0 Å². The van der Waals surface area contributed by atoms with Crippen molar-refractivity contribution in [3.05, 3.63) is 78.4 Å². The van der Waals surface area contributed by atoms with Crippen molar-refractivity contribution in [1.29, 1.82) is 0 Å². The molecule has 3 aromatic carbocycles. The van der Waals surface area contributed by atoms with E-state index in [9.17, 15) is 9.90 Å². The van der Waals surface area contributed by atoms with Gasteiger partial charge in [-0.05, 0) is 48.5 Å². The van der Waals surface area contributed by atoms with Crippen LogP contribution in [0.3, 0.4) is 0 Å². The number of carbonyl (C=O) groups is 1. The Labute approximate surface area is 145 Å². The van der Waals surface area contributed by atoms with Crippen molar-refractivity contribution in [2.75, 3.05) is 17.7 Å². The number of carbonyl (C=O) groups excluding carboxylic acids is 1. The average Bonchev–Trinajstić information content (AvgIpc) is 2.64. The van der Waals surface area contributed by atoms with Crippen LogP contribution in [0.2, 0.25) is 0 Å². The van der Waals surface area contributed by atoms with E-state index in [4.69, 9.17) is 10.5 Å². The smallest absolute Gasteiger partial charge is 0.270 e. The molecule has 0 bridgehead atoms. The fraction of sp³-hybridized carbons (Fsp3) is 0.0500. The zero-order valence-electron chi connectivity index (χ0n) is 13.7. The lowest BCUT2D eigenvalue weighted by atomic mass is 10.1. The number of phenolic OH excluding ortho intramolecular Hbond substituents is 1. The Kier molecular flexibility index (Phi) is 4.57. The number of ether oxygens (including phenoxy) is 1. The van der Waals surface area contributed by atoms with E-state index in [0.717, 1.165) is 0 Å². The maximum atomic E-state index is 13.3. The molecule has 5 heteroatoms. The molecule has 3 aromatic rings. The quantitative estimate of drug-likeness (QED) is 0.708. The van der Waals surface area contributed by atoms with Crippen molar-refractivity contribution < 1.29 is 14.6 Å². The summed E-state index contributed by atoms with van der Waals surface area (Å²) in [6.07, 6.45) is 0. The number of benzene rings is 3. The van der Waals surface area contributed by atoms with Gasteiger partial charge in [0.05, 0.1) is 7.11 Å². The molecule has 25 heavy (non-hydrogen) atoms. The molecule has 0 aliphatic rings. The van der Waals surface area contributed by atoms with Crippen LogP contribution in [0.5, 0.6) is 11.5 Å². The number of nitrogens with zero attached hydrogens (tertiary/aromatic N) is 1. The molecule has 3 N–H and O–H groups in total. The van der Waals surface area contributed by atoms with Crippen LogP contribution in [0.4, 0.5) is 17.1 Å². The van der Waals surface area contributed by atoms with Gasteiger partial charge in [-0.15, -0.1) is 0 Å². The molecule has 1 amide bonds. The Morgan fingerprint density at radius 2 is 1.56 bits per heavy atom. The first-order valence-corrected chi connectivity index (χ1v) is 7.73. The summed E-state index contributed by atoms with van der Waals surface area (Å²) >= 11 is 0. The summed E-state index contributed by atoms with van der Waals surface area (Å²) in [7, 11) is 1.46. The number of aromatic hydroxyl groups is 1. The van der Waals surface area contributed by atoms with Crippen LogP contribution in [-0.2, 0) is 0 Å². The number of para-hydroxylation sites is 1. The number of nitrogens with two attached hydrogens (primary N) is 1. The standard InChI is InChI=1S/C20H18N2O3/c1-25-18-9-5-8-17(23)19(18)20(24)22(15-6-3-2-4-7-15)16-12-10-14(21)11-13-16/h2-13,23H,21H2,1H3. The number of rotatable bonds is 4. The van der Waals surface area contributed by atoms with E-state index in [1.165, 1.54) is 18.1 Å². The van der Waals surface area contributed by atoms with E-state index in [2.05, 4.69) is 0 Å². The van der Waals surface area contributed by atoms with Crippen LogP contribution in [0, 0.1) is 0 Å². The Bertz CT molecular complexity index is 877. The van der Waals surface area contributed by atoms with Gasteiger partial charge in [0.15, 0.2) is 0 Å². The van der Waals surface area contributed by atoms with E-state index in [1.807, 2.05) is 30.3 Å². The zero-order valence-corrected chi connectivity index (χ0v) is 13.7. The summed E-state index contributed by atoms with van der Waals surface area (Å²) in [5.41, 5.74) is 7.77. The molecular formula is C20H18N2O3. The highest BCUT2D eigenvalue weighted by atomic mass is 16.5. The number of methoxy groups -OCH3 is 1. The molecule has 0 spiro atoms. The third-order valence-corrected chi connectivity index (χ3v) is 3.81. The van der Waals surface area contributed by atoms with Crippen LogP contribution in [0.1, 0.15) is 10.4 Å². The number of anilines is 3. The maximum Gasteiger partial charge on any atom is 0.270 e. The van der Waals surface area contributed by atoms with Crippen LogP contribution in [0.15, 0.2) is 72.8 Å². The van der Waals surface area contributed by atoms with Crippen LogP contribution in [0.25, 0.3) is 0 Å². The second-order valence-electron chi connectivity index (χ2n) is 5.42. The van der Waals surface area contributed by atoms with Gasteiger partial charge in [-0.3, -0.25) is 9.69 Å². The molecule has 0 aliphatic heterocycles. The minimum absolute atomic E-state index is 0.102. The molecule has 0 radical (unpaired) electrons. The molecule has 0 aromatic heterocycles. The number of amides is 1. The van der Waals surface area contributed by atoms with E-state index in [1.54, 1.807) is 36.4 Å². The molecule has 0 fully saturated rings. The summed E-state index contributed by atoms with van der Waals surface area (Å²) in [6.45, 7) is 0. The van der Waals surface area contributed by atoms with Gasteiger partial charge in [-0.25, -0.2) is 0 Å². The summed E-state index contributed by atoms with van der Waals surface area (Å²) in [5.74, 6) is -0.229. The normalized spacial score (nSPS) is 10.3. The second-order valence-corrected chi connectivity index (χ2v) is 5.42. The van der Waals surface area contributed by atoms with Gasteiger partial charge in [-0.1, -0.05) is 24.3 Å². The molecule has 0 saturated carbocycles. The minimum atomic E-state index is -0.397. The second kappa shape index (κ2) is 6.97. The number of hydrogen-bond acceptors (Lipinski definition) is 4. The Morgan fingerprint density at radius 3 is 2.20 bits per heavy atom. The summed E-state index contributed by atoms with van der Waals surface area (Å²) < 4.78 is 5.26. The van der Waals surface area contributed by atoms with E-state index >= 15 is 0 Å². The predicted octanol–water partition coefficient (Wildman–Crippen LogP) is 3.96. The average molecular weight is 334 g/mol. The Morgan fingerprint density at radius 1 is 0.920 bits per heavy atom. The fourth-order valence-electron chi connectivity index (χ4n) is 2.60. The van der Waals surface area contributed by atoms with Crippen molar-refractivity contribution in [3.63, 3.8) is 0 Å². The Balaban J connectivity index is 2.15. The number of hydrogen-bond donors (Lipinski definition) is 2. The predicted molar refractivity (Wildman–Crippen MR) is 98.4 cm³/mol. The SMILES string of the molecule is COc1cccc(O)c1C(=O)N(c1ccccc1)c1ccc(N)cc1. The lowest BCUT2D eigenvalue weighted by Gasteiger charge is -2.24. The van der Waals surface area contributed by atoms with Crippen molar-refractivity contribution in [2.24, 2.45) is 0 Å². The molecular weight excluding hydrogens is 316 g/mol. The monoisotopic (exact) mass is 334 g/mol. The van der Waals surface area contributed by atoms with Crippen molar-refractivity contribution >= 4 is 23.0 Å². The van der Waals surface area contributed by atoms with Gasteiger partial charge in [0, 0.05) is 17.1 Å². The fourth-order valence-corrected chi connectivity index (χ4v) is 2.60. The first-order valence-electron chi connectivity index (χ1n) is 7.73. The summed E-state index contributed by atoms with van der Waals surface area (Å²) in [5, 5.41) is 10.2. The molecule has 126 valence electrons. The van der Waals surface area contributed by atoms with Crippen LogP contribution < -0.4 is 15.4 Å². The van der Waals surface area contributed by atoms with Gasteiger partial charge < -0.3 is 15.6 Å². The van der Waals surface area contributed by atoms with Crippen molar-refractivity contribution in [2.45, 2.75) is 0 Å². The minimum Gasteiger partial charge on any atom is -0.507 e. The lowest BCUT2D eigenvalue weighted by Crippen LogP contribution is -2.26.